The highest BCUT2D eigenvalue weighted by Gasteiger charge is 2.24. The van der Waals surface area contributed by atoms with E-state index in [9.17, 15) is 5.11 Å². The number of ether oxygens (including phenoxy) is 1. The molecule has 15 heavy (non-hydrogen) atoms. The zero-order valence-corrected chi connectivity index (χ0v) is 9.15. The van der Waals surface area contributed by atoms with Gasteiger partial charge in [0, 0.05) is 0 Å². The Bertz CT molecular complexity index is 305. The maximum absolute atomic E-state index is 9.76. The number of rotatable bonds is 2. The normalized spacial score (nSPS) is 26.3. The highest BCUT2D eigenvalue weighted by molar-refractivity contribution is 5.26. The fraction of sp³-hybridized carbons (Fsp3) is 0.538. The predicted octanol–water partition coefficient (Wildman–Crippen LogP) is 2.68. The number of aliphatic hydroxyl groups excluding tert-OH is 1. The first-order chi connectivity index (χ1) is 7.25. The zero-order valence-electron chi connectivity index (χ0n) is 9.15. The van der Waals surface area contributed by atoms with Crippen molar-refractivity contribution in [3.05, 3.63) is 29.8 Å². The third kappa shape index (κ3) is 2.72. The molecule has 0 bridgehead atoms. The van der Waals surface area contributed by atoms with Crippen LogP contribution in [0, 0.1) is 6.92 Å². The van der Waals surface area contributed by atoms with Gasteiger partial charge in [-0.15, -0.1) is 0 Å². The predicted molar refractivity (Wildman–Crippen MR) is 60.1 cm³/mol. The van der Waals surface area contributed by atoms with E-state index in [0.717, 1.165) is 31.4 Å². The molecule has 0 radical (unpaired) electrons. The Kier molecular flexibility index (Phi) is 3.27. The lowest BCUT2D eigenvalue weighted by Gasteiger charge is -2.28. The summed E-state index contributed by atoms with van der Waals surface area (Å²) in [4.78, 5) is 0. The van der Waals surface area contributed by atoms with Gasteiger partial charge in [0.05, 0.1) is 6.10 Å². The van der Waals surface area contributed by atoms with Crippen LogP contribution >= 0.6 is 0 Å². The van der Waals surface area contributed by atoms with Gasteiger partial charge in [-0.25, -0.2) is 0 Å². The summed E-state index contributed by atoms with van der Waals surface area (Å²) in [5.41, 5.74) is 1.23. The molecular formula is C13H18O2. The quantitative estimate of drug-likeness (QED) is 0.806. The lowest BCUT2D eigenvalue weighted by Crippen LogP contribution is -2.34. The second kappa shape index (κ2) is 4.67. The van der Waals surface area contributed by atoms with E-state index in [2.05, 4.69) is 6.92 Å². The molecule has 1 fully saturated rings. The van der Waals surface area contributed by atoms with Gasteiger partial charge in [0.15, 0.2) is 0 Å². The number of aryl methyl sites for hydroxylation is 1. The molecule has 2 unspecified atom stereocenters. The average molecular weight is 206 g/mol. The molecule has 0 heterocycles. The standard InChI is InChI=1S/C13H18O2/c1-10-6-8-11(9-7-10)15-13-5-3-2-4-12(13)14/h6-9,12-14H,2-5H2,1H3. The largest absolute Gasteiger partial charge is 0.488 e. The SMILES string of the molecule is Cc1ccc(OC2CCCCC2O)cc1. The van der Waals surface area contributed by atoms with Crippen molar-refractivity contribution < 1.29 is 9.84 Å². The van der Waals surface area contributed by atoms with Crippen LogP contribution in [-0.2, 0) is 0 Å². The van der Waals surface area contributed by atoms with Crippen molar-refractivity contribution in [2.75, 3.05) is 0 Å². The number of hydrogen-bond donors (Lipinski definition) is 1. The number of aliphatic hydroxyl groups is 1. The first kappa shape index (κ1) is 10.5. The van der Waals surface area contributed by atoms with Crippen LogP contribution < -0.4 is 4.74 Å². The van der Waals surface area contributed by atoms with Crippen LogP contribution in [0.5, 0.6) is 5.75 Å². The summed E-state index contributed by atoms with van der Waals surface area (Å²) in [6.45, 7) is 2.05. The Labute approximate surface area is 90.9 Å². The summed E-state index contributed by atoms with van der Waals surface area (Å²) >= 11 is 0. The second-order valence-corrected chi connectivity index (χ2v) is 4.32. The third-order valence-electron chi connectivity index (χ3n) is 2.98. The van der Waals surface area contributed by atoms with Crippen molar-refractivity contribution in [3.8, 4) is 5.75 Å². The van der Waals surface area contributed by atoms with E-state index in [4.69, 9.17) is 4.74 Å². The Morgan fingerprint density at radius 3 is 2.47 bits per heavy atom. The zero-order chi connectivity index (χ0) is 10.7. The molecule has 2 heteroatoms. The molecule has 1 aromatic carbocycles. The van der Waals surface area contributed by atoms with E-state index in [1.54, 1.807) is 0 Å². The van der Waals surface area contributed by atoms with Crippen LogP contribution in [0.3, 0.4) is 0 Å². The number of benzene rings is 1. The van der Waals surface area contributed by atoms with E-state index in [1.165, 1.54) is 5.56 Å². The Hall–Kier alpha value is -1.02. The second-order valence-electron chi connectivity index (χ2n) is 4.32. The van der Waals surface area contributed by atoms with E-state index >= 15 is 0 Å². The monoisotopic (exact) mass is 206 g/mol. The van der Waals surface area contributed by atoms with Crippen molar-refractivity contribution in [3.63, 3.8) is 0 Å². The topological polar surface area (TPSA) is 29.5 Å². The highest BCUT2D eigenvalue weighted by atomic mass is 16.5. The summed E-state index contributed by atoms with van der Waals surface area (Å²) in [6, 6.07) is 8.00. The molecule has 1 aliphatic carbocycles. The molecule has 2 atom stereocenters. The maximum Gasteiger partial charge on any atom is 0.124 e. The first-order valence-corrected chi connectivity index (χ1v) is 5.67. The van der Waals surface area contributed by atoms with Gasteiger partial charge in [0.25, 0.3) is 0 Å². The Morgan fingerprint density at radius 1 is 1.13 bits per heavy atom. The molecule has 2 rings (SSSR count). The molecule has 0 amide bonds. The molecule has 1 N–H and O–H groups in total. The van der Waals surface area contributed by atoms with Gasteiger partial charge in [-0.3, -0.25) is 0 Å². The molecular weight excluding hydrogens is 188 g/mol. The highest BCUT2D eigenvalue weighted by Crippen LogP contribution is 2.23. The summed E-state index contributed by atoms with van der Waals surface area (Å²) in [5, 5.41) is 9.76. The van der Waals surface area contributed by atoms with E-state index in [-0.39, 0.29) is 12.2 Å². The van der Waals surface area contributed by atoms with Crippen molar-refractivity contribution in [1.82, 2.24) is 0 Å². The van der Waals surface area contributed by atoms with Crippen LogP contribution in [0.1, 0.15) is 31.2 Å². The molecule has 0 aromatic heterocycles. The fourth-order valence-electron chi connectivity index (χ4n) is 2.01. The smallest absolute Gasteiger partial charge is 0.124 e. The Morgan fingerprint density at radius 2 is 1.80 bits per heavy atom. The fourth-order valence-corrected chi connectivity index (χ4v) is 2.01. The van der Waals surface area contributed by atoms with Crippen molar-refractivity contribution in [2.24, 2.45) is 0 Å². The average Bonchev–Trinajstić information content (AvgIpc) is 2.25. The lowest BCUT2D eigenvalue weighted by atomic mass is 9.95. The Balaban J connectivity index is 1.98. The molecule has 0 spiro atoms. The summed E-state index contributed by atoms with van der Waals surface area (Å²) in [6.07, 6.45) is 3.81. The molecule has 2 nitrogen and oxygen atoms in total. The van der Waals surface area contributed by atoms with Crippen LogP contribution in [0.4, 0.5) is 0 Å². The minimum Gasteiger partial charge on any atom is -0.488 e. The van der Waals surface area contributed by atoms with Gasteiger partial charge in [0.2, 0.25) is 0 Å². The molecule has 1 aliphatic rings. The van der Waals surface area contributed by atoms with Crippen LogP contribution in [0.15, 0.2) is 24.3 Å². The van der Waals surface area contributed by atoms with Gasteiger partial charge in [-0.1, -0.05) is 24.1 Å². The van der Waals surface area contributed by atoms with Crippen LogP contribution in [-0.4, -0.2) is 17.3 Å². The molecule has 82 valence electrons. The van der Waals surface area contributed by atoms with E-state index < -0.39 is 0 Å². The van der Waals surface area contributed by atoms with Gasteiger partial charge < -0.3 is 9.84 Å². The van der Waals surface area contributed by atoms with Crippen molar-refractivity contribution >= 4 is 0 Å². The molecule has 1 aromatic rings. The summed E-state index contributed by atoms with van der Waals surface area (Å²) < 4.78 is 5.77. The van der Waals surface area contributed by atoms with Gasteiger partial charge in [-0.2, -0.15) is 0 Å². The van der Waals surface area contributed by atoms with Crippen molar-refractivity contribution in [1.29, 1.82) is 0 Å². The molecule has 1 saturated carbocycles. The van der Waals surface area contributed by atoms with Crippen molar-refractivity contribution in [2.45, 2.75) is 44.8 Å². The molecule has 0 aliphatic heterocycles. The maximum atomic E-state index is 9.76. The van der Waals surface area contributed by atoms with E-state index in [1.807, 2.05) is 24.3 Å². The lowest BCUT2D eigenvalue weighted by molar-refractivity contribution is 0.00687. The summed E-state index contributed by atoms with van der Waals surface area (Å²) in [5.74, 6) is 0.867. The first-order valence-electron chi connectivity index (χ1n) is 5.67. The van der Waals surface area contributed by atoms with Crippen LogP contribution in [0.2, 0.25) is 0 Å². The van der Waals surface area contributed by atoms with Crippen LogP contribution in [0.25, 0.3) is 0 Å². The minimum absolute atomic E-state index is 0.0125. The molecule has 0 saturated heterocycles. The minimum atomic E-state index is -0.292. The number of hydrogen-bond acceptors (Lipinski definition) is 2. The third-order valence-corrected chi connectivity index (χ3v) is 2.98. The van der Waals surface area contributed by atoms with E-state index in [0.29, 0.717) is 0 Å². The van der Waals surface area contributed by atoms with Gasteiger partial charge >= 0.3 is 0 Å². The summed E-state index contributed by atoms with van der Waals surface area (Å²) in [7, 11) is 0. The van der Waals surface area contributed by atoms with Gasteiger partial charge in [-0.05, 0) is 38.3 Å². The van der Waals surface area contributed by atoms with Gasteiger partial charge in [0.1, 0.15) is 11.9 Å².